The number of rotatable bonds is 4. The molecular formula is C11H17N3O3. The van der Waals surface area contributed by atoms with E-state index in [0.717, 1.165) is 19.3 Å². The molecule has 4 N–H and O–H groups in total. The van der Waals surface area contributed by atoms with Gasteiger partial charge >= 0.3 is 0 Å². The van der Waals surface area contributed by atoms with Crippen LogP contribution in [0, 0.1) is 0 Å². The SMILES string of the molecule is CC(O)C(N)c1nc(C(=O)NC2CCC2)co1. The first-order valence-electron chi connectivity index (χ1n) is 5.78. The largest absolute Gasteiger partial charge is 0.446 e. The molecule has 0 aromatic carbocycles. The van der Waals surface area contributed by atoms with Crippen LogP contribution < -0.4 is 11.1 Å². The predicted octanol–water partition coefficient (Wildman–Crippen LogP) is 0.337. The molecule has 94 valence electrons. The summed E-state index contributed by atoms with van der Waals surface area (Å²) >= 11 is 0. The summed E-state index contributed by atoms with van der Waals surface area (Å²) in [4.78, 5) is 15.7. The summed E-state index contributed by atoms with van der Waals surface area (Å²) in [7, 11) is 0. The van der Waals surface area contributed by atoms with Crippen LogP contribution >= 0.6 is 0 Å². The van der Waals surface area contributed by atoms with Crippen molar-refractivity contribution in [2.75, 3.05) is 0 Å². The van der Waals surface area contributed by atoms with Crippen LogP contribution in [0.1, 0.15) is 48.6 Å². The highest BCUT2D eigenvalue weighted by molar-refractivity contribution is 5.92. The van der Waals surface area contributed by atoms with Gasteiger partial charge in [0.25, 0.3) is 5.91 Å². The van der Waals surface area contributed by atoms with Crippen LogP contribution in [0.25, 0.3) is 0 Å². The minimum Gasteiger partial charge on any atom is -0.446 e. The minimum atomic E-state index is -0.767. The van der Waals surface area contributed by atoms with Crippen LogP contribution in [0.5, 0.6) is 0 Å². The molecular weight excluding hydrogens is 222 g/mol. The number of aliphatic hydroxyl groups is 1. The number of oxazole rings is 1. The van der Waals surface area contributed by atoms with E-state index in [-0.39, 0.29) is 23.5 Å². The molecule has 0 spiro atoms. The van der Waals surface area contributed by atoms with E-state index in [4.69, 9.17) is 10.2 Å². The Kier molecular flexibility index (Phi) is 3.44. The third-order valence-electron chi connectivity index (χ3n) is 3.00. The predicted molar refractivity (Wildman–Crippen MR) is 60.2 cm³/mol. The quantitative estimate of drug-likeness (QED) is 0.703. The van der Waals surface area contributed by atoms with Crippen LogP contribution in [-0.4, -0.2) is 28.1 Å². The first-order valence-corrected chi connectivity index (χ1v) is 5.78. The molecule has 1 aliphatic carbocycles. The Morgan fingerprint density at radius 1 is 1.71 bits per heavy atom. The van der Waals surface area contributed by atoms with E-state index >= 15 is 0 Å². The first kappa shape index (κ1) is 12.1. The smallest absolute Gasteiger partial charge is 0.273 e. The molecule has 1 aromatic heterocycles. The maximum Gasteiger partial charge on any atom is 0.273 e. The van der Waals surface area contributed by atoms with E-state index in [1.54, 1.807) is 6.92 Å². The van der Waals surface area contributed by atoms with Crippen LogP contribution in [0.2, 0.25) is 0 Å². The van der Waals surface area contributed by atoms with E-state index in [9.17, 15) is 9.90 Å². The summed E-state index contributed by atoms with van der Waals surface area (Å²) in [6, 6.07) is -0.451. The zero-order chi connectivity index (χ0) is 12.4. The third-order valence-corrected chi connectivity index (χ3v) is 3.00. The van der Waals surface area contributed by atoms with Gasteiger partial charge in [0.2, 0.25) is 5.89 Å². The number of hydrogen-bond acceptors (Lipinski definition) is 5. The fourth-order valence-electron chi connectivity index (χ4n) is 1.56. The highest BCUT2D eigenvalue weighted by Gasteiger charge is 2.24. The van der Waals surface area contributed by atoms with Crippen molar-refractivity contribution in [3.8, 4) is 0 Å². The van der Waals surface area contributed by atoms with E-state index in [2.05, 4.69) is 10.3 Å². The highest BCUT2D eigenvalue weighted by atomic mass is 16.3. The summed E-state index contributed by atoms with van der Waals surface area (Å²) < 4.78 is 5.09. The molecule has 6 heteroatoms. The summed E-state index contributed by atoms with van der Waals surface area (Å²) in [5.74, 6) is -0.0683. The second kappa shape index (κ2) is 4.85. The number of aromatic nitrogens is 1. The number of nitrogens with zero attached hydrogens (tertiary/aromatic N) is 1. The number of carbonyl (C=O) groups is 1. The molecule has 0 radical (unpaired) electrons. The lowest BCUT2D eigenvalue weighted by Gasteiger charge is -2.25. The molecule has 1 aromatic rings. The van der Waals surface area contributed by atoms with Crippen molar-refractivity contribution in [3.63, 3.8) is 0 Å². The van der Waals surface area contributed by atoms with Gasteiger partial charge in [-0.15, -0.1) is 0 Å². The van der Waals surface area contributed by atoms with Crippen molar-refractivity contribution in [2.45, 2.75) is 44.4 Å². The molecule has 1 saturated carbocycles. The van der Waals surface area contributed by atoms with E-state index in [1.165, 1.54) is 6.26 Å². The maximum absolute atomic E-state index is 11.7. The normalized spacial score (nSPS) is 19.5. The number of nitrogens with two attached hydrogens (primary N) is 1. The summed E-state index contributed by atoms with van der Waals surface area (Å²) in [6.07, 6.45) is 3.69. The Balaban J connectivity index is 1.99. The van der Waals surface area contributed by atoms with Gasteiger partial charge in [0.1, 0.15) is 12.3 Å². The molecule has 1 fully saturated rings. The number of hydrogen-bond donors (Lipinski definition) is 3. The summed E-state index contributed by atoms with van der Waals surface area (Å²) in [6.45, 7) is 1.54. The van der Waals surface area contributed by atoms with Crippen LogP contribution in [-0.2, 0) is 0 Å². The Bertz CT molecular complexity index is 398. The number of amides is 1. The van der Waals surface area contributed by atoms with E-state index in [1.807, 2.05) is 0 Å². The summed E-state index contributed by atoms with van der Waals surface area (Å²) in [5, 5.41) is 12.1. The highest BCUT2D eigenvalue weighted by Crippen LogP contribution is 2.19. The minimum absolute atomic E-state index is 0.179. The molecule has 6 nitrogen and oxygen atoms in total. The van der Waals surface area contributed by atoms with Gasteiger partial charge in [0.05, 0.1) is 6.10 Å². The van der Waals surface area contributed by atoms with Crippen molar-refractivity contribution in [1.29, 1.82) is 0 Å². The van der Waals surface area contributed by atoms with Gasteiger partial charge in [-0.25, -0.2) is 4.98 Å². The number of aliphatic hydroxyl groups excluding tert-OH is 1. The molecule has 17 heavy (non-hydrogen) atoms. The van der Waals surface area contributed by atoms with Gasteiger partial charge in [0, 0.05) is 6.04 Å². The molecule has 1 heterocycles. The summed E-state index contributed by atoms with van der Waals surface area (Å²) in [5.41, 5.74) is 5.86. The average Bonchev–Trinajstić information content (AvgIpc) is 2.71. The Morgan fingerprint density at radius 3 is 2.94 bits per heavy atom. The third kappa shape index (κ3) is 2.65. The molecule has 2 rings (SSSR count). The lowest BCUT2D eigenvalue weighted by atomic mass is 9.93. The van der Waals surface area contributed by atoms with Crippen molar-refractivity contribution in [1.82, 2.24) is 10.3 Å². The van der Waals surface area contributed by atoms with Crippen molar-refractivity contribution in [2.24, 2.45) is 5.73 Å². The molecule has 1 amide bonds. The average molecular weight is 239 g/mol. The van der Waals surface area contributed by atoms with Gasteiger partial charge in [-0.05, 0) is 26.2 Å². The Hall–Kier alpha value is -1.40. The van der Waals surface area contributed by atoms with E-state index < -0.39 is 12.1 Å². The molecule has 2 atom stereocenters. The lowest BCUT2D eigenvalue weighted by Crippen LogP contribution is -2.39. The van der Waals surface area contributed by atoms with Crippen molar-refractivity contribution in [3.05, 3.63) is 17.8 Å². The number of nitrogens with one attached hydrogen (secondary N) is 1. The van der Waals surface area contributed by atoms with Crippen molar-refractivity contribution >= 4 is 5.91 Å². The van der Waals surface area contributed by atoms with Gasteiger partial charge in [-0.2, -0.15) is 0 Å². The first-order chi connectivity index (χ1) is 8.08. The van der Waals surface area contributed by atoms with Gasteiger partial charge in [-0.1, -0.05) is 0 Å². The zero-order valence-corrected chi connectivity index (χ0v) is 9.72. The van der Waals surface area contributed by atoms with Crippen LogP contribution in [0.15, 0.2) is 10.7 Å². The topological polar surface area (TPSA) is 101 Å². The Labute approximate surface area is 99.2 Å². The standard InChI is InChI=1S/C11H17N3O3/c1-6(15)9(12)11-14-8(5-17-11)10(16)13-7-3-2-4-7/h5-7,9,15H,2-4,12H2,1H3,(H,13,16). The second-order valence-corrected chi connectivity index (χ2v) is 4.44. The molecule has 0 saturated heterocycles. The molecule has 0 aliphatic heterocycles. The Morgan fingerprint density at radius 2 is 2.41 bits per heavy atom. The number of carbonyl (C=O) groups excluding carboxylic acids is 1. The zero-order valence-electron chi connectivity index (χ0n) is 9.72. The fraction of sp³-hybridized carbons (Fsp3) is 0.636. The van der Waals surface area contributed by atoms with E-state index in [0.29, 0.717) is 0 Å². The molecule has 1 aliphatic rings. The fourth-order valence-corrected chi connectivity index (χ4v) is 1.56. The molecule has 0 bridgehead atoms. The second-order valence-electron chi connectivity index (χ2n) is 4.44. The lowest BCUT2D eigenvalue weighted by molar-refractivity contribution is 0.0911. The van der Waals surface area contributed by atoms with Gasteiger partial charge in [-0.3, -0.25) is 4.79 Å². The van der Waals surface area contributed by atoms with Crippen LogP contribution in [0.4, 0.5) is 0 Å². The maximum atomic E-state index is 11.7. The van der Waals surface area contributed by atoms with Gasteiger partial charge < -0.3 is 20.6 Å². The van der Waals surface area contributed by atoms with Crippen LogP contribution in [0.3, 0.4) is 0 Å². The molecule has 2 unspecified atom stereocenters. The monoisotopic (exact) mass is 239 g/mol. The van der Waals surface area contributed by atoms with Crippen molar-refractivity contribution < 1.29 is 14.3 Å². The van der Waals surface area contributed by atoms with Gasteiger partial charge in [0.15, 0.2) is 5.69 Å².